The summed E-state index contributed by atoms with van der Waals surface area (Å²) in [4.78, 5) is 10.8. The van der Waals surface area contributed by atoms with E-state index in [4.69, 9.17) is 14.9 Å². The van der Waals surface area contributed by atoms with Crippen LogP contribution >= 0.6 is 0 Å². The number of rotatable bonds is 6. The number of benzene rings is 1. The molecule has 1 aliphatic carbocycles. The number of hydrogen-bond donors (Lipinski definition) is 2. The van der Waals surface area contributed by atoms with Gasteiger partial charge in [0, 0.05) is 38.4 Å². The number of allylic oxidation sites excluding steroid dienone is 1. The summed E-state index contributed by atoms with van der Waals surface area (Å²) in [6, 6.07) is 3.01. The molecular weight excluding hydrogens is 359 g/mol. The highest BCUT2D eigenvalue weighted by molar-refractivity contribution is 5.76. The lowest BCUT2D eigenvalue weighted by atomic mass is 10.0. The number of ether oxygens (including phenoxy) is 2. The molecule has 0 amide bonds. The number of carbonyl (C=O) groups is 1. The van der Waals surface area contributed by atoms with Gasteiger partial charge >= 0.3 is 0 Å². The molecule has 0 aromatic heterocycles. The molecule has 1 saturated heterocycles. The first-order valence-corrected chi connectivity index (χ1v) is 9.54. The van der Waals surface area contributed by atoms with Crippen LogP contribution in [0, 0.1) is 17.1 Å². The topological polar surface area (TPSA) is 71.4 Å². The Kier molecular flexibility index (Phi) is 10.0. The molecule has 1 aromatic carbocycles. The number of aldehydes is 1. The Balaban J connectivity index is 0.000000329. The van der Waals surface area contributed by atoms with Crippen LogP contribution in [0.4, 0.5) is 4.39 Å². The van der Waals surface area contributed by atoms with Crippen molar-refractivity contribution >= 4 is 12.5 Å². The van der Waals surface area contributed by atoms with E-state index >= 15 is 0 Å². The van der Waals surface area contributed by atoms with E-state index in [0.717, 1.165) is 37.7 Å². The van der Waals surface area contributed by atoms with Crippen molar-refractivity contribution in [2.45, 2.75) is 45.1 Å². The third kappa shape index (κ3) is 8.76. The highest BCUT2D eigenvalue weighted by atomic mass is 19.1. The summed E-state index contributed by atoms with van der Waals surface area (Å²) in [5.74, 6) is 1.09. The fourth-order valence-corrected chi connectivity index (χ4v) is 2.19. The first kappa shape index (κ1) is 24.0. The molecule has 1 aliphatic heterocycles. The minimum atomic E-state index is -0.490. The lowest BCUT2D eigenvalue weighted by molar-refractivity contribution is 0.0397. The maximum Gasteiger partial charge on any atom is 0.153 e. The van der Waals surface area contributed by atoms with Crippen molar-refractivity contribution < 1.29 is 18.7 Å². The molecule has 2 fully saturated rings. The maximum atomic E-state index is 13.6. The number of nitrogens with one attached hydrogen (secondary N) is 2. The van der Waals surface area contributed by atoms with E-state index in [2.05, 4.69) is 11.9 Å². The van der Waals surface area contributed by atoms with Crippen molar-refractivity contribution in [1.29, 1.82) is 5.41 Å². The molecule has 1 heterocycles. The predicted molar refractivity (Wildman–Crippen MR) is 111 cm³/mol. The van der Waals surface area contributed by atoms with E-state index in [9.17, 15) is 9.18 Å². The SMILES string of the molecule is C=CC=N.COC(C)(C)C.O=Cc1cc(C2CC2)c(OCC2CNC2)cc1F. The molecule has 1 aromatic rings. The van der Waals surface area contributed by atoms with Crippen LogP contribution in [-0.4, -0.2) is 44.9 Å². The summed E-state index contributed by atoms with van der Waals surface area (Å²) < 4.78 is 24.3. The van der Waals surface area contributed by atoms with E-state index in [0.29, 0.717) is 30.5 Å². The van der Waals surface area contributed by atoms with Crippen molar-refractivity contribution in [2.75, 3.05) is 26.8 Å². The maximum absolute atomic E-state index is 13.6. The largest absolute Gasteiger partial charge is 0.493 e. The molecule has 5 nitrogen and oxygen atoms in total. The highest BCUT2D eigenvalue weighted by Gasteiger charge is 2.29. The number of hydrogen-bond acceptors (Lipinski definition) is 5. The summed E-state index contributed by atoms with van der Waals surface area (Å²) in [6.45, 7) is 11.8. The molecule has 28 heavy (non-hydrogen) atoms. The third-order valence-corrected chi connectivity index (χ3v) is 4.34. The van der Waals surface area contributed by atoms with Crippen molar-refractivity contribution in [3.63, 3.8) is 0 Å². The highest BCUT2D eigenvalue weighted by Crippen LogP contribution is 2.45. The van der Waals surface area contributed by atoms with Crippen LogP contribution in [0.5, 0.6) is 5.75 Å². The molecule has 0 bridgehead atoms. The Morgan fingerprint density at radius 1 is 1.32 bits per heavy atom. The second-order valence-corrected chi connectivity index (χ2v) is 7.86. The first-order chi connectivity index (χ1) is 13.3. The van der Waals surface area contributed by atoms with Crippen LogP contribution < -0.4 is 10.1 Å². The van der Waals surface area contributed by atoms with E-state index in [1.54, 1.807) is 13.2 Å². The van der Waals surface area contributed by atoms with Crippen molar-refractivity contribution in [1.82, 2.24) is 5.32 Å². The summed E-state index contributed by atoms with van der Waals surface area (Å²) in [5, 5.41) is 9.38. The lowest BCUT2D eigenvalue weighted by Gasteiger charge is -2.27. The van der Waals surface area contributed by atoms with Crippen LogP contribution in [0.25, 0.3) is 0 Å². The van der Waals surface area contributed by atoms with Crippen molar-refractivity contribution in [3.8, 4) is 5.75 Å². The number of carbonyl (C=O) groups excluding carboxylic acids is 1. The second-order valence-electron chi connectivity index (χ2n) is 7.86. The van der Waals surface area contributed by atoms with Crippen LogP contribution in [-0.2, 0) is 4.74 Å². The molecule has 156 valence electrons. The Bertz CT molecular complexity index is 642. The van der Waals surface area contributed by atoms with Gasteiger partial charge in [-0.1, -0.05) is 12.7 Å². The summed E-state index contributed by atoms with van der Waals surface area (Å²) in [6.07, 6.45) is 5.33. The normalized spacial score (nSPS) is 15.8. The average molecular weight is 393 g/mol. The van der Waals surface area contributed by atoms with Gasteiger partial charge in [0.05, 0.1) is 17.8 Å². The predicted octanol–water partition coefficient (Wildman–Crippen LogP) is 4.37. The smallest absolute Gasteiger partial charge is 0.153 e. The second kappa shape index (κ2) is 11.7. The first-order valence-electron chi connectivity index (χ1n) is 9.54. The molecular formula is C22H33FN2O3. The van der Waals surface area contributed by atoms with E-state index in [1.807, 2.05) is 20.8 Å². The molecule has 0 unspecified atom stereocenters. The van der Waals surface area contributed by atoms with Crippen LogP contribution in [0.3, 0.4) is 0 Å². The molecule has 3 rings (SSSR count). The van der Waals surface area contributed by atoms with Gasteiger partial charge in [0.25, 0.3) is 0 Å². The number of halogens is 1. The fourth-order valence-electron chi connectivity index (χ4n) is 2.19. The van der Waals surface area contributed by atoms with Gasteiger partial charge in [-0.2, -0.15) is 0 Å². The van der Waals surface area contributed by atoms with Gasteiger partial charge in [0.15, 0.2) is 6.29 Å². The standard InChI is InChI=1S/C14H16FNO2.C5H12O.C3H5N/c15-13-4-14(18-8-9-5-16-6-9)12(10-1-2-10)3-11(13)7-17;1-5(2,3)6-4;1-2-3-4/h3-4,7,9-10,16H,1-2,5-6,8H2;1-4H3;2-4H,1H2. The molecule has 1 saturated carbocycles. The Hall–Kier alpha value is -2.05. The van der Waals surface area contributed by atoms with E-state index < -0.39 is 5.82 Å². The molecule has 0 spiro atoms. The van der Waals surface area contributed by atoms with Crippen LogP contribution in [0.15, 0.2) is 24.8 Å². The zero-order valence-corrected chi connectivity index (χ0v) is 17.4. The van der Waals surface area contributed by atoms with Gasteiger partial charge in [-0.3, -0.25) is 4.79 Å². The van der Waals surface area contributed by atoms with Crippen LogP contribution in [0.2, 0.25) is 0 Å². The fraction of sp³-hybridized carbons (Fsp3) is 0.545. The summed E-state index contributed by atoms with van der Waals surface area (Å²) in [7, 11) is 1.71. The Morgan fingerprint density at radius 2 is 1.89 bits per heavy atom. The zero-order valence-electron chi connectivity index (χ0n) is 17.4. The quantitative estimate of drug-likeness (QED) is 0.557. The average Bonchev–Trinajstić information content (AvgIpc) is 3.46. The van der Waals surface area contributed by atoms with Crippen LogP contribution in [0.1, 0.15) is 55.5 Å². The van der Waals surface area contributed by atoms with Gasteiger partial charge in [0.2, 0.25) is 0 Å². The van der Waals surface area contributed by atoms with Gasteiger partial charge in [0.1, 0.15) is 11.6 Å². The van der Waals surface area contributed by atoms with E-state index in [-0.39, 0.29) is 11.2 Å². The van der Waals surface area contributed by atoms with Gasteiger partial charge in [-0.05, 0) is 51.2 Å². The summed E-state index contributed by atoms with van der Waals surface area (Å²) >= 11 is 0. The lowest BCUT2D eigenvalue weighted by Crippen LogP contribution is -2.45. The van der Waals surface area contributed by atoms with E-state index in [1.165, 1.54) is 12.1 Å². The van der Waals surface area contributed by atoms with Gasteiger partial charge < -0.3 is 20.2 Å². The van der Waals surface area contributed by atoms with Gasteiger partial charge in [-0.15, -0.1) is 0 Å². The third-order valence-electron chi connectivity index (χ3n) is 4.34. The minimum Gasteiger partial charge on any atom is -0.493 e. The van der Waals surface area contributed by atoms with Gasteiger partial charge in [-0.25, -0.2) is 4.39 Å². The van der Waals surface area contributed by atoms with Crippen molar-refractivity contribution in [2.24, 2.45) is 5.92 Å². The monoisotopic (exact) mass is 392 g/mol. The Labute approximate surface area is 167 Å². The zero-order chi connectivity index (χ0) is 21.2. The van der Waals surface area contributed by atoms with Crippen molar-refractivity contribution in [3.05, 3.63) is 41.7 Å². The molecule has 0 radical (unpaired) electrons. The minimum absolute atomic E-state index is 0.0417. The molecule has 2 aliphatic rings. The molecule has 2 N–H and O–H groups in total. The Morgan fingerprint density at radius 3 is 2.25 bits per heavy atom. The number of methoxy groups -OCH3 is 1. The summed E-state index contributed by atoms with van der Waals surface area (Å²) in [5.41, 5.74) is 1.17. The molecule has 6 heteroatoms. The molecule has 0 atom stereocenters.